The van der Waals surface area contributed by atoms with Crippen LogP contribution in [0.25, 0.3) is 6.08 Å². The van der Waals surface area contributed by atoms with Crippen molar-refractivity contribution in [2.45, 2.75) is 0 Å². The third-order valence-electron chi connectivity index (χ3n) is 3.20. The summed E-state index contributed by atoms with van der Waals surface area (Å²) in [7, 11) is 2.55. The Kier molecular flexibility index (Phi) is 6.14. The maximum absolute atomic E-state index is 11.7. The number of hydrogen-bond donors (Lipinski definition) is 0. The van der Waals surface area contributed by atoms with Crippen molar-refractivity contribution in [2.75, 3.05) is 20.8 Å². The number of methoxy groups -OCH3 is 2. The first-order valence-electron chi connectivity index (χ1n) is 7.30. The molecule has 0 bridgehead atoms. The molecule has 2 aromatic carbocycles. The number of benzene rings is 2. The van der Waals surface area contributed by atoms with Crippen molar-refractivity contribution in [3.63, 3.8) is 0 Å². The molecule has 2 rings (SSSR count). The van der Waals surface area contributed by atoms with Crippen molar-refractivity contribution in [3.8, 4) is 5.75 Å². The van der Waals surface area contributed by atoms with E-state index in [0.717, 1.165) is 5.56 Å². The van der Waals surface area contributed by atoms with Crippen molar-refractivity contribution in [1.82, 2.24) is 0 Å². The van der Waals surface area contributed by atoms with Crippen molar-refractivity contribution < 1.29 is 23.8 Å². The van der Waals surface area contributed by atoms with Crippen LogP contribution in [0.2, 0.25) is 0 Å². The van der Waals surface area contributed by atoms with E-state index in [9.17, 15) is 9.59 Å². The molecule has 0 amide bonds. The molecule has 0 radical (unpaired) electrons. The monoisotopic (exact) mass is 326 g/mol. The predicted molar refractivity (Wildman–Crippen MR) is 90.1 cm³/mol. The van der Waals surface area contributed by atoms with E-state index in [1.165, 1.54) is 32.4 Å². The minimum atomic E-state index is -0.551. The van der Waals surface area contributed by atoms with Gasteiger partial charge in [-0.25, -0.2) is 9.59 Å². The Hall–Kier alpha value is -3.08. The molecule has 0 aliphatic heterocycles. The van der Waals surface area contributed by atoms with Crippen molar-refractivity contribution in [2.24, 2.45) is 0 Å². The average molecular weight is 326 g/mol. The summed E-state index contributed by atoms with van der Waals surface area (Å²) in [6.45, 7) is 0.292. The average Bonchev–Trinajstić information content (AvgIpc) is 2.64. The fourth-order valence-corrected chi connectivity index (χ4v) is 2.05. The minimum absolute atomic E-state index is 0.224. The van der Waals surface area contributed by atoms with Crippen LogP contribution in [0, 0.1) is 0 Å². The van der Waals surface area contributed by atoms with E-state index >= 15 is 0 Å². The zero-order chi connectivity index (χ0) is 17.4. The van der Waals surface area contributed by atoms with Crippen LogP contribution in [0.4, 0.5) is 0 Å². The third kappa shape index (κ3) is 4.71. The first-order valence-corrected chi connectivity index (χ1v) is 7.30. The van der Waals surface area contributed by atoms with Gasteiger partial charge in [-0.05, 0) is 29.8 Å². The summed E-state index contributed by atoms with van der Waals surface area (Å²) in [6.07, 6.45) is 3.77. The van der Waals surface area contributed by atoms with Gasteiger partial charge in [0.05, 0.1) is 25.3 Å². The molecule has 24 heavy (non-hydrogen) atoms. The molecule has 0 spiro atoms. The number of carbonyl (C=O) groups excluding carboxylic acids is 2. The summed E-state index contributed by atoms with van der Waals surface area (Å²) in [5, 5.41) is 0. The smallest absolute Gasteiger partial charge is 0.338 e. The SMILES string of the molecule is COC(=O)c1cc(OCC=Cc2ccccc2)cc(C(=O)OC)c1. The Morgan fingerprint density at radius 2 is 1.50 bits per heavy atom. The lowest BCUT2D eigenvalue weighted by Gasteiger charge is -2.08. The van der Waals surface area contributed by atoms with Crippen molar-refractivity contribution in [1.29, 1.82) is 0 Å². The van der Waals surface area contributed by atoms with Gasteiger partial charge in [0, 0.05) is 0 Å². The van der Waals surface area contributed by atoms with Crippen LogP contribution in [0.3, 0.4) is 0 Å². The molecule has 0 aliphatic rings. The molecule has 0 N–H and O–H groups in total. The van der Waals surface area contributed by atoms with Crippen LogP contribution in [-0.4, -0.2) is 32.8 Å². The highest BCUT2D eigenvalue weighted by Gasteiger charge is 2.14. The van der Waals surface area contributed by atoms with Crippen LogP contribution in [0.1, 0.15) is 26.3 Å². The molecule has 124 valence electrons. The van der Waals surface area contributed by atoms with Crippen LogP contribution in [-0.2, 0) is 9.47 Å². The molecule has 0 heterocycles. The maximum Gasteiger partial charge on any atom is 0.338 e. The Balaban J connectivity index is 2.12. The lowest BCUT2D eigenvalue weighted by molar-refractivity contribution is 0.0598. The normalized spacial score (nSPS) is 10.4. The fraction of sp³-hybridized carbons (Fsp3) is 0.158. The van der Waals surface area contributed by atoms with Crippen LogP contribution in [0.15, 0.2) is 54.6 Å². The molecule has 0 aromatic heterocycles. The molecule has 0 saturated heterocycles. The number of esters is 2. The zero-order valence-electron chi connectivity index (χ0n) is 13.5. The van der Waals surface area contributed by atoms with E-state index in [0.29, 0.717) is 12.4 Å². The Morgan fingerprint density at radius 3 is 2.04 bits per heavy atom. The number of rotatable bonds is 6. The lowest BCUT2D eigenvalue weighted by Crippen LogP contribution is -2.07. The van der Waals surface area contributed by atoms with Crippen LogP contribution < -0.4 is 4.74 Å². The second kappa shape index (κ2) is 8.53. The number of hydrogen-bond acceptors (Lipinski definition) is 5. The van der Waals surface area contributed by atoms with Crippen LogP contribution in [0.5, 0.6) is 5.75 Å². The Morgan fingerprint density at radius 1 is 0.917 bits per heavy atom. The highest BCUT2D eigenvalue weighted by molar-refractivity contribution is 5.96. The molecule has 0 unspecified atom stereocenters. The molecule has 0 fully saturated rings. The van der Waals surface area contributed by atoms with E-state index < -0.39 is 11.9 Å². The van der Waals surface area contributed by atoms with E-state index in [-0.39, 0.29) is 11.1 Å². The summed E-state index contributed by atoms with van der Waals surface area (Å²) < 4.78 is 15.0. The fourth-order valence-electron chi connectivity index (χ4n) is 2.05. The van der Waals surface area contributed by atoms with E-state index in [2.05, 4.69) is 9.47 Å². The second-order valence-corrected chi connectivity index (χ2v) is 4.85. The summed E-state index contributed by atoms with van der Waals surface area (Å²) in [6, 6.07) is 14.2. The first-order chi connectivity index (χ1) is 11.6. The van der Waals surface area contributed by atoms with Gasteiger partial charge in [-0.3, -0.25) is 0 Å². The molecule has 0 saturated carbocycles. The van der Waals surface area contributed by atoms with Gasteiger partial charge < -0.3 is 14.2 Å². The quantitative estimate of drug-likeness (QED) is 0.762. The maximum atomic E-state index is 11.7. The molecule has 5 heteroatoms. The molecular weight excluding hydrogens is 308 g/mol. The van der Waals surface area contributed by atoms with Gasteiger partial charge in [0.25, 0.3) is 0 Å². The van der Waals surface area contributed by atoms with Crippen molar-refractivity contribution >= 4 is 18.0 Å². The van der Waals surface area contributed by atoms with Gasteiger partial charge in [-0.1, -0.05) is 36.4 Å². The zero-order valence-corrected chi connectivity index (χ0v) is 13.5. The summed E-state index contributed by atoms with van der Waals surface area (Å²) in [5.41, 5.74) is 1.50. The van der Waals surface area contributed by atoms with Gasteiger partial charge in [0.15, 0.2) is 0 Å². The highest BCUT2D eigenvalue weighted by atomic mass is 16.5. The highest BCUT2D eigenvalue weighted by Crippen LogP contribution is 2.19. The predicted octanol–water partition coefficient (Wildman–Crippen LogP) is 3.35. The summed E-state index contributed by atoms with van der Waals surface area (Å²) in [4.78, 5) is 23.4. The molecular formula is C19H18O5. The minimum Gasteiger partial charge on any atom is -0.489 e. The molecule has 2 aromatic rings. The first kappa shape index (κ1) is 17.3. The van der Waals surface area contributed by atoms with Gasteiger partial charge in [0.1, 0.15) is 12.4 Å². The number of ether oxygens (including phenoxy) is 3. The Labute approximate surface area is 140 Å². The Bertz CT molecular complexity index is 700. The summed E-state index contributed by atoms with van der Waals surface area (Å²) in [5.74, 6) is -0.716. The van der Waals surface area contributed by atoms with Gasteiger partial charge in [-0.15, -0.1) is 0 Å². The standard InChI is InChI=1S/C19H18O5/c1-22-18(20)15-11-16(19(21)23-2)13-17(12-15)24-10-6-9-14-7-4-3-5-8-14/h3-9,11-13H,10H2,1-2H3. The lowest BCUT2D eigenvalue weighted by atomic mass is 10.1. The number of carbonyl (C=O) groups is 2. The van der Waals surface area contributed by atoms with E-state index in [1.807, 2.05) is 42.5 Å². The van der Waals surface area contributed by atoms with Gasteiger partial charge in [0.2, 0.25) is 0 Å². The second-order valence-electron chi connectivity index (χ2n) is 4.85. The molecule has 0 atom stereocenters. The summed E-state index contributed by atoms with van der Waals surface area (Å²) >= 11 is 0. The van der Waals surface area contributed by atoms with Gasteiger partial charge >= 0.3 is 11.9 Å². The van der Waals surface area contributed by atoms with Crippen molar-refractivity contribution in [3.05, 3.63) is 71.3 Å². The third-order valence-corrected chi connectivity index (χ3v) is 3.20. The van der Waals surface area contributed by atoms with E-state index in [1.54, 1.807) is 0 Å². The molecule has 0 aliphatic carbocycles. The largest absolute Gasteiger partial charge is 0.489 e. The van der Waals surface area contributed by atoms with Gasteiger partial charge in [-0.2, -0.15) is 0 Å². The molecule has 5 nitrogen and oxygen atoms in total. The van der Waals surface area contributed by atoms with Crippen LogP contribution >= 0.6 is 0 Å². The van der Waals surface area contributed by atoms with E-state index in [4.69, 9.17) is 4.74 Å². The topological polar surface area (TPSA) is 61.8 Å².